The standard InChI is InChI=1S/C12H14Br2O2/c1-8(3-4-16-2)12(15)9-5-10(13)7-11(14)6-9/h5-8H,3-4H2,1-2H3. The van der Waals surface area contributed by atoms with Gasteiger partial charge in [-0.05, 0) is 24.6 Å². The quantitative estimate of drug-likeness (QED) is 0.749. The maximum atomic E-state index is 12.1. The molecule has 0 aliphatic carbocycles. The van der Waals surface area contributed by atoms with Crippen LogP contribution in [0.15, 0.2) is 27.1 Å². The number of methoxy groups -OCH3 is 1. The van der Waals surface area contributed by atoms with E-state index in [1.807, 2.05) is 25.1 Å². The van der Waals surface area contributed by atoms with E-state index in [1.54, 1.807) is 7.11 Å². The summed E-state index contributed by atoms with van der Waals surface area (Å²) in [5.41, 5.74) is 0.727. The zero-order chi connectivity index (χ0) is 12.1. The van der Waals surface area contributed by atoms with E-state index in [4.69, 9.17) is 4.74 Å². The van der Waals surface area contributed by atoms with Gasteiger partial charge in [0.2, 0.25) is 0 Å². The van der Waals surface area contributed by atoms with E-state index in [9.17, 15) is 4.79 Å². The van der Waals surface area contributed by atoms with Crippen molar-refractivity contribution in [2.24, 2.45) is 5.92 Å². The molecule has 1 aromatic rings. The van der Waals surface area contributed by atoms with Gasteiger partial charge in [0.05, 0.1) is 0 Å². The van der Waals surface area contributed by atoms with Gasteiger partial charge in [-0.15, -0.1) is 0 Å². The maximum Gasteiger partial charge on any atom is 0.165 e. The van der Waals surface area contributed by atoms with Crippen molar-refractivity contribution in [2.45, 2.75) is 13.3 Å². The molecule has 2 nitrogen and oxygen atoms in total. The molecular weight excluding hydrogens is 336 g/mol. The van der Waals surface area contributed by atoms with Crippen molar-refractivity contribution >= 4 is 37.6 Å². The molecule has 0 N–H and O–H groups in total. The second kappa shape index (κ2) is 6.52. The van der Waals surface area contributed by atoms with Crippen LogP contribution in [-0.2, 0) is 4.74 Å². The van der Waals surface area contributed by atoms with E-state index < -0.39 is 0 Å². The molecule has 0 saturated carbocycles. The van der Waals surface area contributed by atoms with Gasteiger partial charge >= 0.3 is 0 Å². The summed E-state index contributed by atoms with van der Waals surface area (Å²) in [6, 6.07) is 5.60. The van der Waals surface area contributed by atoms with Gasteiger partial charge in [-0.3, -0.25) is 4.79 Å². The third-order valence-electron chi connectivity index (χ3n) is 2.35. The Labute approximate surface area is 113 Å². The Morgan fingerprint density at radius 2 is 1.88 bits per heavy atom. The summed E-state index contributed by atoms with van der Waals surface area (Å²) in [6.45, 7) is 2.54. The Morgan fingerprint density at radius 3 is 2.38 bits per heavy atom. The number of hydrogen-bond donors (Lipinski definition) is 0. The first kappa shape index (κ1) is 13.9. The fraction of sp³-hybridized carbons (Fsp3) is 0.417. The van der Waals surface area contributed by atoms with E-state index in [0.717, 1.165) is 20.9 Å². The van der Waals surface area contributed by atoms with E-state index in [1.165, 1.54) is 0 Å². The zero-order valence-electron chi connectivity index (χ0n) is 9.30. The number of ether oxygens (including phenoxy) is 1. The molecule has 0 heterocycles. The number of carbonyl (C=O) groups is 1. The fourth-order valence-electron chi connectivity index (χ4n) is 1.41. The molecule has 0 bridgehead atoms. The molecule has 0 radical (unpaired) electrons. The van der Waals surface area contributed by atoms with Crippen molar-refractivity contribution < 1.29 is 9.53 Å². The van der Waals surface area contributed by atoms with E-state index >= 15 is 0 Å². The van der Waals surface area contributed by atoms with Gasteiger partial charge < -0.3 is 4.74 Å². The monoisotopic (exact) mass is 348 g/mol. The highest BCUT2D eigenvalue weighted by molar-refractivity contribution is 9.11. The van der Waals surface area contributed by atoms with Crippen molar-refractivity contribution in [3.63, 3.8) is 0 Å². The van der Waals surface area contributed by atoms with Crippen LogP contribution in [-0.4, -0.2) is 19.5 Å². The highest BCUT2D eigenvalue weighted by Crippen LogP contribution is 2.22. The molecule has 88 valence electrons. The van der Waals surface area contributed by atoms with Crippen LogP contribution in [0.5, 0.6) is 0 Å². The van der Waals surface area contributed by atoms with Crippen LogP contribution < -0.4 is 0 Å². The van der Waals surface area contributed by atoms with E-state index in [2.05, 4.69) is 31.9 Å². The predicted octanol–water partition coefficient (Wildman–Crippen LogP) is 4.07. The van der Waals surface area contributed by atoms with Crippen LogP contribution in [0.25, 0.3) is 0 Å². The highest BCUT2D eigenvalue weighted by Gasteiger charge is 2.15. The molecule has 0 spiro atoms. The second-order valence-electron chi connectivity index (χ2n) is 3.70. The number of carbonyl (C=O) groups excluding carboxylic acids is 1. The molecule has 0 aliphatic rings. The lowest BCUT2D eigenvalue weighted by molar-refractivity contribution is 0.0893. The minimum absolute atomic E-state index is 0.0128. The highest BCUT2D eigenvalue weighted by atomic mass is 79.9. The van der Waals surface area contributed by atoms with Gasteiger partial charge in [-0.1, -0.05) is 38.8 Å². The summed E-state index contributed by atoms with van der Waals surface area (Å²) in [4.78, 5) is 12.1. The summed E-state index contributed by atoms with van der Waals surface area (Å²) < 4.78 is 6.79. The van der Waals surface area contributed by atoms with Crippen LogP contribution in [0.1, 0.15) is 23.7 Å². The van der Waals surface area contributed by atoms with Crippen LogP contribution in [0.2, 0.25) is 0 Å². The summed E-state index contributed by atoms with van der Waals surface area (Å²) in [5.74, 6) is 0.139. The minimum atomic E-state index is -0.0128. The maximum absolute atomic E-state index is 12.1. The average molecular weight is 350 g/mol. The van der Waals surface area contributed by atoms with Crippen molar-refractivity contribution in [2.75, 3.05) is 13.7 Å². The minimum Gasteiger partial charge on any atom is -0.385 e. The normalized spacial score (nSPS) is 12.5. The summed E-state index contributed by atoms with van der Waals surface area (Å²) in [5, 5.41) is 0. The molecule has 0 saturated heterocycles. The molecule has 1 unspecified atom stereocenters. The smallest absolute Gasteiger partial charge is 0.165 e. The van der Waals surface area contributed by atoms with Gasteiger partial charge in [-0.2, -0.15) is 0 Å². The lowest BCUT2D eigenvalue weighted by Gasteiger charge is -2.10. The lowest BCUT2D eigenvalue weighted by Crippen LogP contribution is -2.13. The Hall–Kier alpha value is -0.190. The molecule has 0 aromatic heterocycles. The van der Waals surface area contributed by atoms with E-state index in [-0.39, 0.29) is 11.7 Å². The van der Waals surface area contributed by atoms with Crippen LogP contribution in [0.3, 0.4) is 0 Å². The number of hydrogen-bond acceptors (Lipinski definition) is 2. The molecule has 0 amide bonds. The Bertz CT molecular complexity index is 357. The molecular formula is C12H14Br2O2. The number of ketones is 1. The zero-order valence-corrected chi connectivity index (χ0v) is 12.5. The van der Waals surface area contributed by atoms with Gasteiger partial charge in [0, 0.05) is 34.1 Å². The SMILES string of the molecule is COCCC(C)C(=O)c1cc(Br)cc(Br)c1. The molecule has 1 aromatic carbocycles. The van der Waals surface area contributed by atoms with Crippen molar-refractivity contribution in [3.05, 3.63) is 32.7 Å². The summed E-state index contributed by atoms with van der Waals surface area (Å²) >= 11 is 6.75. The van der Waals surface area contributed by atoms with Gasteiger partial charge in [-0.25, -0.2) is 0 Å². The van der Waals surface area contributed by atoms with Crippen LogP contribution >= 0.6 is 31.9 Å². The Morgan fingerprint density at radius 1 is 1.31 bits per heavy atom. The molecule has 1 atom stereocenters. The average Bonchev–Trinajstić information content (AvgIpc) is 2.23. The summed E-state index contributed by atoms with van der Waals surface area (Å²) in [6.07, 6.45) is 0.749. The Balaban J connectivity index is 2.79. The molecule has 1 rings (SSSR count). The molecule has 0 fully saturated rings. The second-order valence-corrected chi connectivity index (χ2v) is 5.54. The largest absolute Gasteiger partial charge is 0.385 e. The summed E-state index contributed by atoms with van der Waals surface area (Å²) in [7, 11) is 1.65. The Kier molecular flexibility index (Phi) is 5.66. The van der Waals surface area contributed by atoms with Crippen LogP contribution in [0, 0.1) is 5.92 Å². The van der Waals surface area contributed by atoms with Gasteiger partial charge in [0.1, 0.15) is 0 Å². The fourth-order valence-corrected chi connectivity index (χ4v) is 2.70. The predicted molar refractivity (Wildman–Crippen MR) is 71.8 cm³/mol. The third-order valence-corrected chi connectivity index (χ3v) is 3.27. The molecule has 16 heavy (non-hydrogen) atoms. The lowest BCUT2D eigenvalue weighted by atomic mass is 9.97. The first-order chi connectivity index (χ1) is 7.54. The van der Waals surface area contributed by atoms with Gasteiger partial charge in [0.15, 0.2) is 5.78 Å². The molecule has 0 aliphatic heterocycles. The first-order valence-electron chi connectivity index (χ1n) is 5.04. The van der Waals surface area contributed by atoms with E-state index in [0.29, 0.717) is 6.61 Å². The van der Waals surface area contributed by atoms with Gasteiger partial charge in [0.25, 0.3) is 0 Å². The first-order valence-corrected chi connectivity index (χ1v) is 6.62. The number of Topliss-reactive ketones (excluding diaryl/α,β-unsaturated/α-hetero) is 1. The third kappa shape index (κ3) is 4.00. The van der Waals surface area contributed by atoms with Crippen molar-refractivity contribution in [3.8, 4) is 0 Å². The van der Waals surface area contributed by atoms with Crippen molar-refractivity contribution in [1.82, 2.24) is 0 Å². The number of halogens is 2. The topological polar surface area (TPSA) is 26.3 Å². The molecule has 4 heteroatoms. The number of benzene rings is 1. The number of rotatable bonds is 5. The van der Waals surface area contributed by atoms with Crippen molar-refractivity contribution in [1.29, 1.82) is 0 Å². The van der Waals surface area contributed by atoms with Crippen LogP contribution in [0.4, 0.5) is 0 Å².